The van der Waals surface area contributed by atoms with E-state index in [1.54, 1.807) is 24.5 Å². The highest BCUT2D eigenvalue weighted by atomic mass is 127. The SMILES string of the molecule is CCNC(=NCC1(CCO)CCOC1)NCCNC(=O)c1cccnc1.I. The van der Waals surface area contributed by atoms with Gasteiger partial charge in [-0.15, -0.1) is 24.0 Å². The zero-order valence-electron chi connectivity index (χ0n) is 15.7. The first-order chi connectivity index (χ1) is 12.7. The van der Waals surface area contributed by atoms with Crippen LogP contribution in [0.5, 0.6) is 0 Å². The standard InChI is InChI=1S/C18H29N5O3.HI/c1-2-20-17(23-13-18(5-10-24)6-11-26-14-18)22-9-8-21-16(25)15-4-3-7-19-12-15;/h3-4,7,12,24H,2,5-6,8-11,13-14H2,1H3,(H,21,25)(H2,20,22,23);1H. The maximum atomic E-state index is 12.0. The maximum Gasteiger partial charge on any atom is 0.252 e. The number of nitrogens with one attached hydrogen (secondary N) is 3. The van der Waals surface area contributed by atoms with Gasteiger partial charge in [0, 0.05) is 50.7 Å². The number of carbonyl (C=O) groups is 1. The monoisotopic (exact) mass is 491 g/mol. The van der Waals surface area contributed by atoms with Crippen LogP contribution >= 0.6 is 24.0 Å². The lowest BCUT2D eigenvalue weighted by molar-refractivity contribution is 0.0954. The lowest BCUT2D eigenvalue weighted by atomic mass is 9.84. The molecular weight excluding hydrogens is 461 g/mol. The maximum absolute atomic E-state index is 12.0. The number of hydrogen-bond acceptors (Lipinski definition) is 5. The van der Waals surface area contributed by atoms with Gasteiger partial charge in [-0.3, -0.25) is 14.8 Å². The number of aromatic nitrogens is 1. The fraction of sp³-hybridized carbons (Fsp3) is 0.611. The second kappa shape index (κ2) is 12.8. The molecule has 152 valence electrons. The molecule has 1 aromatic heterocycles. The molecular formula is C18H30IN5O3. The third kappa shape index (κ3) is 7.97. The summed E-state index contributed by atoms with van der Waals surface area (Å²) in [7, 11) is 0. The summed E-state index contributed by atoms with van der Waals surface area (Å²) in [5.41, 5.74) is 0.464. The van der Waals surface area contributed by atoms with E-state index in [2.05, 4.69) is 25.9 Å². The van der Waals surface area contributed by atoms with Crippen LogP contribution in [0.1, 0.15) is 30.1 Å². The molecule has 1 fully saturated rings. The van der Waals surface area contributed by atoms with Crippen LogP contribution in [0.3, 0.4) is 0 Å². The van der Waals surface area contributed by atoms with Crippen molar-refractivity contribution in [1.29, 1.82) is 0 Å². The minimum atomic E-state index is -0.146. The predicted octanol–water partition coefficient (Wildman–Crippen LogP) is 0.774. The highest BCUT2D eigenvalue weighted by molar-refractivity contribution is 14.0. The molecule has 1 aromatic rings. The largest absolute Gasteiger partial charge is 0.396 e. The normalized spacial score (nSPS) is 19.3. The van der Waals surface area contributed by atoms with Gasteiger partial charge in [-0.1, -0.05) is 0 Å². The number of ether oxygens (including phenoxy) is 1. The summed E-state index contributed by atoms with van der Waals surface area (Å²) in [4.78, 5) is 20.5. The van der Waals surface area contributed by atoms with Crippen molar-refractivity contribution < 1.29 is 14.6 Å². The Morgan fingerprint density at radius 3 is 2.81 bits per heavy atom. The van der Waals surface area contributed by atoms with Crippen LogP contribution in [0.4, 0.5) is 0 Å². The number of aliphatic hydroxyl groups excluding tert-OH is 1. The minimum absolute atomic E-state index is 0. The summed E-state index contributed by atoms with van der Waals surface area (Å²) in [5, 5.41) is 18.6. The number of halogens is 1. The molecule has 2 heterocycles. The number of aliphatic imine (C=N–C) groups is 1. The van der Waals surface area contributed by atoms with Gasteiger partial charge in [0.05, 0.1) is 18.7 Å². The molecule has 1 atom stereocenters. The van der Waals surface area contributed by atoms with E-state index in [-0.39, 0.29) is 41.9 Å². The number of hydrogen-bond donors (Lipinski definition) is 4. The fourth-order valence-corrected chi connectivity index (χ4v) is 2.83. The number of amides is 1. The van der Waals surface area contributed by atoms with Crippen molar-refractivity contribution in [2.45, 2.75) is 19.8 Å². The Bertz CT molecular complexity index is 580. The summed E-state index contributed by atoms with van der Waals surface area (Å²) in [6.07, 6.45) is 4.78. The molecule has 1 saturated heterocycles. The molecule has 1 amide bonds. The Balaban J connectivity index is 0.00000364. The molecule has 1 unspecified atom stereocenters. The molecule has 0 spiro atoms. The molecule has 1 aliphatic rings. The molecule has 2 rings (SSSR count). The first-order valence-corrected chi connectivity index (χ1v) is 9.08. The van der Waals surface area contributed by atoms with Crippen molar-refractivity contribution in [2.24, 2.45) is 10.4 Å². The van der Waals surface area contributed by atoms with Crippen LogP contribution in [0.2, 0.25) is 0 Å². The third-order valence-corrected chi connectivity index (χ3v) is 4.37. The average molecular weight is 491 g/mol. The third-order valence-electron chi connectivity index (χ3n) is 4.37. The second-order valence-corrected chi connectivity index (χ2v) is 6.40. The van der Waals surface area contributed by atoms with Crippen molar-refractivity contribution in [3.63, 3.8) is 0 Å². The Kier molecular flexibility index (Phi) is 11.2. The average Bonchev–Trinajstić information content (AvgIpc) is 3.13. The van der Waals surface area contributed by atoms with E-state index in [1.165, 1.54) is 0 Å². The van der Waals surface area contributed by atoms with E-state index >= 15 is 0 Å². The van der Waals surface area contributed by atoms with Crippen LogP contribution in [-0.4, -0.2) is 68.0 Å². The quantitative estimate of drug-likeness (QED) is 0.176. The van der Waals surface area contributed by atoms with Gasteiger partial charge >= 0.3 is 0 Å². The summed E-state index contributed by atoms with van der Waals surface area (Å²) < 4.78 is 5.50. The predicted molar refractivity (Wildman–Crippen MR) is 116 cm³/mol. The van der Waals surface area contributed by atoms with Crippen molar-refractivity contribution in [2.75, 3.05) is 46.0 Å². The van der Waals surface area contributed by atoms with Gasteiger partial charge in [-0.25, -0.2) is 0 Å². The second-order valence-electron chi connectivity index (χ2n) is 6.40. The first-order valence-electron chi connectivity index (χ1n) is 9.08. The summed E-state index contributed by atoms with van der Waals surface area (Å²) in [5.74, 6) is 0.555. The van der Waals surface area contributed by atoms with Crippen molar-refractivity contribution in [3.05, 3.63) is 30.1 Å². The molecule has 8 nitrogen and oxygen atoms in total. The first kappa shape index (κ1) is 23.6. The van der Waals surface area contributed by atoms with Crippen LogP contribution < -0.4 is 16.0 Å². The summed E-state index contributed by atoms with van der Waals surface area (Å²) >= 11 is 0. The lowest BCUT2D eigenvalue weighted by Crippen LogP contribution is -2.42. The Hall–Kier alpha value is -1.46. The number of rotatable bonds is 9. The molecule has 0 aromatic carbocycles. The van der Waals surface area contributed by atoms with Gasteiger partial charge in [0.2, 0.25) is 0 Å². The van der Waals surface area contributed by atoms with Crippen LogP contribution in [-0.2, 0) is 4.74 Å². The zero-order valence-corrected chi connectivity index (χ0v) is 18.1. The van der Waals surface area contributed by atoms with Gasteiger partial charge in [-0.2, -0.15) is 0 Å². The summed E-state index contributed by atoms with van der Waals surface area (Å²) in [6, 6.07) is 3.46. The topological polar surface area (TPSA) is 108 Å². The van der Waals surface area contributed by atoms with E-state index in [4.69, 9.17) is 4.74 Å². The van der Waals surface area contributed by atoms with Crippen molar-refractivity contribution in [1.82, 2.24) is 20.9 Å². The van der Waals surface area contributed by atoms with E-state index in [0.29, 0.717) is 44.2 Å². The van der Waals surface area contributed by atoms with Gasteiger partial charge in [-0.05, 0) is 31.9 Å². The van der Waals surface area contributed by atoms with Crippen LogP contribution in [0.25, 0.3) is 0 Å². The highest BCUT2D eigenvalue weighted by Crippen LogP contribution is 2.32. The summed E-state index contributed by atoms with van der Waals surface area (Å²) in [6.45, 7) is 5.89. The molecule has 0 radical (unpaired) electrons. The number of nitrogens with zero attached hydrogens (tertiary/aromatic N) is 2. The highest BCUT2D eigenvalue weighted by Gasteiger charge is 2.34. The number of aliphatic hydroxyl groups is 1. The van der Waals surface area contributed by atoms with Crippen LogP contribution in [0.15, 0.2) is 29.5 Å². The molecule has 0 bridgehead atoms. The number of guanidine groups is 1. The van der Waals surface area contributed by atoms with Gasteiger partial charge in [0.15, 0.2) is 5.96 Å². The van der Waals surface area contributed by atoms with E-state index in [9.17, 15) is 9.90 Å². The zero-order chi connectivity index (χ0) is 18.7. The Labute approximate surface area is 177 Å². The van der Waals surface area contributed by atoms with Crippen molar-refractivity contribution >= 4 is 35.8 Å². The minimum Gasteiger partial charge on any atom is -0.396 e. The molecule has 9 heteroatoms. The smallest absolute Gasteiger partial charge is 0.252 e. The van der Waals surface area contributed by atoms with Gasteiger partial charge < -0.3 is 25.8 Å². The fourth-order valence-electron chi connectivity index (χ4n) is 2.83. The van der Waals surface area contributed by atoms with Crippen molar-refractivity contribution in [3.8, 4) is 0 Å². The Morgan fingerprint density at radius 1 is 1.37 bits per heavy atom. The molecule has 0 saturated carbocycles. The molecule has 4 N–H and O–H groups in total. The van der Waals surface area contributed by atoms with E-state index < -0.39 is 0 Å². The number of pyridine rings is 1. The molecule has 27 heavy (non-hydrogen) atoms. The van der Waals surface area contributed by atoms with Gasteiger partial charge in [0.1, 0.15) is 0 Å². The molecule has 1 aliphatic heterocycles. The number of carbonyl (C=O) groups excluding carboxylic acids is 1. The van der Waals surface area contributed by atoms with Gasteiger partial charge in [0.25, 0.3) is 5.91 Å². The van der Waals surface area contributed by atoms with E-state index in [0.717, 1.165) is 19.6 Å². The molecule has 0 aliphatic carbocycles. The van der Waals surface area contributed by atoms with E-state index in [1.807, 2.05) is 6.92 Å². The van der Waals surface area contributed by atoms with Crippen LogP contribution in [0, 0.1) is 5.41 Å². The lowest BCUT2D eigenvalue weighted by Gasteiger charge is -2.24. The Morgan fingerprint density at radius 2 is 2.19 bits per heavy atom.